The topological polar surface area (TPSA) is 15.3 Å². The third-order valence-corrected chi connectivity index (χ3v) is 5.00. The van der Waals surface area contributed by atoms with Crippen LogP contribution in [-0.2, 0) is 0 Å². The highest BCUT2D eigenvalue weighted by Crippen LogP contribution is 2.35. The fourth-order valence-corrected chi connectivity index (χ4v) is 3.53. The van der Waals surface area contributed by atoms with E-state index in [1.165, 1.54) is 38.9 Å². The van der Waals surface area contributed by atoms with Crippen molar-refractivity contribution in [2.45, 2.75) is 80.2 Å². The SMILES string of the molecule is CCCC(C)(CNC(C)(C)C)CN1CCC(C(C)(C)C)C1. The van der Waals surface area contributed by atoms with Crippen molar-refractivity contribution in [2.24, 2.45) is 16.7 Å². The van der Waals surface area contributed by atoms with Crippen molar-refractivity contribution >= 4 is 0 Å². The lowest BCUT2D eigenvalue weighted by Gasteiger charge is -2.37. The van der Waals surface area contributed by atoms with Gasteiger partial charge in [0.05, 0.1) is 0 Å². The third kappa shape index (κ3) is 6.69. The van der Waals surface area contributed by atoms with Gasteiger partial charge in [0.1, 0.15) is 0 Å². The molecule has 0 saturated carbocycles. The van der Waals surface area contributed by atoms with Gasteiger partial charge in [0.25, 0.3) is 0 Å². The molecule has 2 atom stereocenters. The molecule has 0 aromatic carbocycles. The molecule has 1 heterocycles. The standard InChI is InChI=1S/C19H40N2/c1-9-11-19(8,14-20-18(5,6)7)15-21-12-10-16(13-21)17(2,3)4/h16,20H,9-15H2,1-8H3. The van der Waals surface area contributed by atoms with Crippen molar-refractivity contribution < 1.29 is 0 Å². The summed E-state index contributed by atoms with van der Waals surface area (Å²) < 4.78 is 0. The minimum absolute atomic E-state index is 0.216. The van der Waals surface area contributed by atoms with E-state index in [1.807, 2.05) is 0 Å². The Balaban J connectivity index is 2.58. The van der Waals surface area contributed by atoms with Gasteiger partial charge in [-0.15, -0.1) is 0 Å². The molecule has 1 rings (SSSR count). The Morgan fingerprint density at radius 1 is 1.05 bits per heavy atom. The third-order valence-electron chi connectivity index (χ3n) is 5.00. The lowest BCUT2D eigenvalue weighted by atomic mass is 9.80. The lowest BCUT2D eigenvalue weighted by molar-refractivity contribution is 0.147. The van der Waals surface area contributed by atoms with Crippen LogP contribution in [0.3, 0.4) is 0 Å². The molecule has 1 fully saturated rings. The smallest absolute Gasteiger partial charge is 0.00967 e. The lowest BCUT2D eigenvalue weighted by Crippen LogP contribution is -2.47. The molecule has 21 heavy (non-hydrogen) atoms. The van der Waals surface area contributed by atoms with Gasteiger partial charge in [-0.25, -0.2) is 0 Å². The number of rotatable bonds is 6. The molecule has 0 aromatic rings. The maximum absolute atomic E-state index is 3.74. The molecule has 0 bridgehead atoms. The zero-order chi connectivity index (χ0) is 16.3. The summed E-state index contributed by atoms with van der Waals surface area (Å²) in [5, 5.41) is 3.74. The van der Waals surface area contributed by atoms with Gasteiger partial charge in [-0.3, -0.25) is 0 Å². The van der Waals surface area contributed by atoms with E-state index in [1.54, 1.807) is 0 Å². The molecule has 0 amide bonds. The quantitative estimate of drug-likeness (QED) is 0.773. The Hall–Kier alpha value is -0.0800. The molecule has 0 aliphatic carbocycles. The molecule has 2 unspecified atom stereocenters. The highest BCUT2D eigenvalue weighted by Gasteiger charge is 2.35. The number of nitrogens with zero attached hydrogens (tertiary/aromatic N) is 1. The first kappa shape index (κ1) is 19.0. The Kier molecular flexibility index (Phi) is 6.32. The van der Waals surface area contributed by atoms with Crippen LogP contribution in [0.1, 0.15) is 74.7 Å². The van der Waals surface area contributed by atoms with E-state index in [-0.39, 0.29) is 5.54 Å². The highest BCUT2D eigenvalue weighted by atomic mass is 15.2. The van der Waals surface area contributed by atoms with Gasteiger partial charge < -0.3 is 10.2 Å². The Labute approximate surface area is 134 Å². The van der Waals surface area contributed by atoms with E-state index in [2.05, 4.69) is 65.6 Å². The van der Waals surface area contributed by atoms with E-state index >= 15 is 0 Å². The molecule has 1 aliphatic rings. The van der Waals surface area contributed by atoms with Gasteiger partial charge in [-0.2, -0.15) is 0 Å². The van der Waals surface area contributed by atoms with Crippen LogP contribution in [0.4, 0.5) is 0 Å². The molecule has 126 valence electrons. The van der Waals surface area contributed by atoms with E-state index in [9.17, 15) is 0 Å². The van der Waals surface area contributed by atoms with Gasteiger partial charge in [0.15, 0.2) is 0 Å². The second-order valence-electron chi connectivity index (χ2n) is 9.75. The van der Waals surface area contributed by atoms with Gasteiger partial charge in [-0.05, 0) is 56.9 Å². The molecule has 2 nitrogen and oxygen atoms in total. The monoisotopic (exact) mass is 296 g/mol. The number of hydrogen-bond donors (Lipinski definition) is 1. The van der Waals surface area contributed by atoms with Crippen LogP contribution in [0.25, 0.3) is 0 Å². The van der Waals surface area contributed by atoms with E-state index in [0.29, 0.717) is 10.8 Å². The second-order valence-corrected chi connectivity index (χ2v) is 9.75. The van der Waals surface area contributed by atoms with E-state index in [4.69, 9.17) is 0 Å². The summed E-state index contributed by atoms with van der Waals surface area (Å²) in [6.45, 7) is 23.7. The van der Waals surface area contributed by atoms with Crippen molar-refractivity contribution in [3.8, 4) is 0 Å². The van der Waals surface area contributed by atoms with Crippen molar-refractivity contribution in [2.75, 3.05) is 26.2 Å². The largest absolute Gasteiger partial charge is 0.311 e. The van der Waals surface area contributed by atoms with E-state index < -0.39 is 0 Å². The van der Waals surface area contributed by atoms with Gasteiger partial charge in [-0.1, -0.05) is 41.0 Å². The summed E-state index contributed by atoms with van der Waals surface area (Å²) >= 11 is 0. The summed E-state index contributed by atoms with van der Waals surface area (Å²) in [6, 6.07) is 0. The molecule has 1 saturated heterocycles. The maximum Gasteiger partial charge on any atom is 0.00967 e. The number of likely N-dealkylation sites (tertiary alicyclic amines) is 1. The fraction of sp³-hybridized carbons (Fsp3) is 1.00. The summed E-state index contributed by atoms with van der Waals surface area (Å²) in [5.41, 5.74) is 1.07. The van der Waals surface area contributed by atoms with Crippen LogP contribution < -0.4 is 5.32 Å². The van der Waals surface area contributed by atoms with Crippen molar-refractivity contribution in [3.63, 3.8) is 0 Å². The molecular formula is C19H40N2. The van der Waals surface area contributed by atoms with Crippen molar-refractivity contribution in [1.82, 2.24) is 10.2 Å². The molecule has 0 radical (unpaired) electrons. The molecule has 0 spiro atoms. The minimum Gasteiger partial charge on any atom is -0.311 e. The predicted molar refractivity (Wildman–Crippen MR) is 94.8 cm³/mol. The maximum atomic E-state index is 3.74. The fourth-order valence-electron chi connectivity index (χ4n) is 3.53. The average Bonchev–Trinajstić information content (AvgIpc) is 2.74. The first-order valence-electron chi connectivity index (χ1n) is 8.93. The average molecular weight is 297 g/mol. The van der Waals surface area contributed by atoms with Crippen LogP contribution in [0.5, 0.6) is 0 Å². The molecule has 1 N–H and O–H groups in total. The summed E-state index contributed by atoms with van der Waals surface area (Å²) in [7, 11) is 0. The zero-order valence-electron chi connectivity index (χ0n) is 16.0. The minimum atomic E-state index is 0.216. The first-order chi connectivity index (χ1) is 9.45. The first-order valence-corrected chi connectivity index (χ1v) is 8.93. The van der Waals surface area contributed by atoms with Gasteiger partial charge in [0.2, 0.25) is 0 Å². The molecule has 1 aliphatic heterocycles. The van der Waals surface area contributed by atoms with Crippen molar-refractivity contribution in [1.29, 1.82) is 0 Å². The Morgan fingerprint density at radius 2 is 1.67 bits per heavy atom. The van der Waals surface area contributed by atoms with Crippen LogP contribution in [-0.4, -0.2) is 36.6 Å². The van der Waals surface area contributed by atoms with Crippen LogP contribution in [0, 0.1) is 16.7 Å². The summed E-state index contributed by atoms with van der Waals surface area (Å²) in [4.78, 5) is 2.72. The van der Waals surface area contributed by atoms with Gasteiger partial charge >= 0.3 is 0 Å². The summed E-state index contributed by atoms with van der Waals surface area (Å²) in [5.74, 6) is 0.860. The second kappa shape index (κ2) is 7.00. The Morgan fingerprint density at radius 3 is 2.10 bits per heavy atom. The Bertz CT molecular complexity index is 311. The normalized spacial score (nSPS) is 24.3. The predicted octanol–water partition coefficient (Wildman–Crippen LogP) is 4.55. The number of nitrogens with one attached hydrogen (secondary N) is 1. The van der Waals surface area contributed by atoms with Gasteiger partial charge in [0, 0.05) is 25.2 Å². The molecule has 0 aromatic heterocycles. The van der Waals surface area contributed by atoms with Crippen molar-refractivity contribution in [3.05, 3.63) is 0 Å². The van der Waals surface area contributed by atoms with Crippen LogP contribution >= 0.6 is 0 Å². The van der Waals surface area contributed by atoms with E-state index in [0.717, 1.165) is 12.5 Å². The van der Waals surface area contributed by atoms with Crippen LogP contribution in [0.2, 0.25) is 0 Å². The highest BCUT2D eigenvalue weighted by molar-refractivity contribution is 4.89. The molecular weight excluding hydrogens is 256 g/mol. The number of hydrogen-bond acceptors (Lipinski definition) is 2. The summed E-state index contributed by atoms with van der Waals surface area (Å²) in [6.07, 6.45) is 3.96. The molecule has 2 heteroatoms. The van der Waals surface area contributed by atoms with Crippen LogP contribution in [0.15, 0.2) is 0 Å². The zero-order valence-corrected chi connectivity index (χ0v) is 16.0.